The molecule has 0 aliphatic heterocycles. The first-order valence-corrected chi connectivity index (χ1v) is 6.70. The molecule has 6 heteroatoms. The van der Waals surface area contributed by atoms with Crippen LogP contribution in [0.25, 0.3) is 0 Å². The van der Waals surface area contributed by atoms with Gasteiger partial charge in [-0.25, -0.2) is 0 Å². The highest BCUT2D eigenvalue weighted by molar-refractivity contribution is 6.35. The SMILES string of the molecule is CC(C)CC[C@H](O)[C@H](N)c1c(O)cc(Cl)cc1Cl.Cl. The maximum atomic E-state index is 10.0. The van der Waals surface area contributed by atoms with Gasteiger partial charge in [0.2, 0.25) is 0 Å². The molecule has 0 aromatic heterocycles. The number of rotatable bonds is 5. The third-order valence-corrected chi connectivity index (χ3v) is 3.39. The van der Waals surface area contributed by atoms with Gasteiger partial charge in [-0.1, -0.05) is 37.0 Å². The van der Waals surface area contributed by atoms with Crippen molar-refractivity contribution < 1.29 is 10.2 Å². The zero-order valence-corrected chi connectivity index (χ0v) is 13.3. The van der Waals surface area contributed by atoms with Crippen molar-refractivity contribution in [2.45, 2.75) is 38.8 Å². The molecule has 0 amide bonds. The Hall–Kier alpha value is -0.190. The van der Waals surface area contributed by atoms with Crippen molar-refractivity contribution in [2.75, 3.05) is 0 Å². The second-order valence-corrected chi connectivity index (χ2v) is 5.73. The van der Waals surface area contributed by atoms with E-state index in [2.05, 4.69) is 13.8 Å². The first kappa shape index (κ1) is 18.8. The van der Waals surface area contributed by atoms with E-state index < -0.39 is 12.1 Å². The van der Waals surface area contributed by atoms with Gasteiger partial charge in [0.1, 0.15) is 5.75 Å². The molecule has 1 aromatic carbocycles. The number of benzene rings is 1. The number of nitrogens with two attached hydrogens (primary N) is 1. The van der Waals surface area contributed by atoms with E-state index in [9.17, 15) is 10.2 Å². The predicted octanol–water partition coefficient (Wildman–Crippen LogP) is 3.92. The highest BCUT2D eigenvalue weighted by Gasteiger charge is 2.23. The molecule has 0 bridgehead atoms. The molecule has 3 nitrogen and oxygen atoms in total. The van der Waals surface area contributed by atoms with E-state index in [-0.39, 0.29) is 23.2 Å². The Morgan fingerprint density at radius 2 is 1.79 bits per heavy atom. The minimum atomic E-state index is -0.739. The Balaban J connectivity index is 0.00000324. The smallest absolute Gasteiger partial charge is 0.123 e. The summed E-state index contributed by atoms with van der Waals surface area (Å²) in [5.74, 6) is 0.407. The van der Waals surface area contributed by atoms with E-state index in [1.165, 1.54) is 12.1 Å². The Kier molecular flexibility index (Phi) is 8.09. The fourth-order valence-corrected chi connectivity index (χ4v) is 2.39. The maximum Gasteiger partial charge on any atom is 0.123 e. The Morgan fingerprint density at radius 3 is 2.26 bits per heavy atom. The molecule has 0 heterocycles. The van der Waals surface area contributed by atoms with Crippen LogP contribution in [0.4, 0.5) is 0 Å². The predicted molar refractivity (Wildman–Crippen MR) is 82.4 cm³/mol. The topological polar surface area (TPSA) is 66.5 Å². The summed E-state index contributed by atoms with van der Waals surface area (Å²) in [6, 6.07) is 2.17. The molecular formula is C13H20Cl3NO2. The standard InChI is InChI=1S/C13H19Cl2NO2.ClH/c1-7(2)3-4-10(17)13(16)12-9(15)5-8(14)6-11(12)18;/h5-7,10,13,17-18H,3-4,16H2,1-2H3;1H/t10-,13-;/m0./s1. The third-order valence-electron chi connectivity index (χ3n) is 2.86. The zero-order chi connectivity index (χ0) is 13.9. The van der Waals surface area contributed by atoms with Crippen LogP contribution >= 0.6 is 35.6 Å². The zero-order valence-electron chi connectivity index (χ0n) is 10.9. The average Bonchev–Trinajstić information content (AvgIpc) is 2.24. The molecule has 0 aliphatic rings. The van der Waals surface area contributed by atoms with Gasteiger partial charge in [0.05, 0.1) is 17.2 Å². The fourth-order valence-electron chi connectivity index (χ4n) is 1.78. The number of phenolic OH excluding ortho intramolecular Hbond substituents is 1. The van der Waals surface area contributed by atoms with Gasteiger partial charge in [-0.3, -0.25) is 0 Å². The van der Waals surface area contributed by atoms with E-state index in [1.807, 2.05) is 0 Å². The van der Waals surface area contributed by atoms with Gasteiger partial charge in [0, 0.05) is 10.6 Å². The van der Waals surface area contributed by atoms with Gasteiger partial charge in [-0.15, -0.1) is 12.4 Å². The van der Waals surface area contributed by atoms with Crippen LogP contribution in [-0.2, 0) is 0 Å². The van der Waals surface area contributed by atoms with Gasteiger partial charge in [0.25, 0.3) is 0 Å². The highest BCUT2D eigenvalue weighted by atomic mass is 35.5. The van der Waals surface area contributed by atoms with Gasteiger partial charge >= 0.3 is 0 Å². The van der Waals surface area contributed by atoms with Gasteiger partial charge in [-0.05, 0) is 30.9 Å². The van der Waals surface area contributed by atoms with Crippen molar-refractivity contribution in [1.29, 1.82) is 0 Å². The van der Waals surface area contributed by atoms with Crippen LogP contribution in [0.2, 0.25) is 10.0 Å². The van der Waals surface area contributed by atoms with Crippen LogP contribution in [0, 0.1) is 5.92 Å². The van der Waals surface area contributed by atoms with Crippen LogP contribution in [0.5, 0.6) is 5.75 Å². The van der Waals surface area contributed by atoms with E-state index in [0.29, 0.717) is 22.9 Å². The van der Waals surface area contributed by atoms with Crippen LogP contribution in [0.1, 0.15) is 38.3 Å². The lowest BCUT2D eigenvalue weighted by atomic mass is 9.95. The van der Waals surface area contributed by atoms with Crippen LogP contribution in [-0.4, -0.2) is 16.3 Å². The molecule has 0 spiro atoms. The maximum absolute atomic E-state index is 10.0. The minimum absolute atomic E-state index is 0. The minimum Gasteiger partial charge on any atom is -0.507 e. The summed E-state index contributed by atoms with van der Waals surface area (Å²) in [6.07, 6.45) is 0.690. The van der Waals surface area contributed by atoms with Crippen molar-refractivity contribution in [2.24, 2.45) is 11.7 Å². The van der Waals surface area contributed by atoms with E-state index in [4.69, 9.17) is 28.9 Å². The van der Waals surface area contributed by atoms with Crippen molar-refractivity contribution in [3.05, 3.63) is 27.7 Å². The number of phenols is 1. The average molecular weight is 329 g/mol. The Morgan fingerprint density at radius 1 is 1.21 bits per heavy atom. The monoisotopic (exact) mass is 327 g/mol. The largest absolute Gasteiger partial charge is 0.507 e. The molecule has 0 radical (unpaired) electrons. The molecule has 0 aliphatic carbocycles. The van der Waals surface area contributed by atoms with Crippen molar-refractivity contribution >= 4 is 35.6 Å². The summed E-state index contributed by atoms with van der Waals surface area (Å²) in [6.45, 7) is 4.15. The van der Waals surface area contributed by atoms with Crippen LogP contribution in [0.3, 0.4) is 0 Å². The van der Waals surface area contributed by atoms with E-state index in [1.54, 1.807) is 0 Å². The highest BCUT2D eigenvalue weighted by Crippen LogP contribution is 2.35. The number of aliphatic hydroxyl groups excluding tert-OH is 1. The van der Waals surface area contributed by atoms with E-state index >= 15 is 0 Å². The Bertz CT molecular complexity index is 390. The number of hydrogen-bond acceptors (Lipinski definition) is 3. The van der Waals surface area contributed by atoms with Gasteiger partial charge in [0.15, 0.2) is 0 Å². The first-order chi connectivity index (χ1) is 8.32. The summed E-state index contributed by atoms with van der Waals surface area (Å²) in [5.41, 5.74) is 6.28. The molecule has 0 saturated heterocycles. The van der Waals surface area contributed by atoms with E-state index in [0.717, 1.165) is 6.42 Å². The van der Waals surface area contributed by atoms with Crippen LogP contribution < -0.4 is 5.73 Å². The lowest BCUT2D eigenvalue weighted by Crippen LogP contribution is -2.27. The quantitative estimate of drug-likeness (QED) is 0.767. The molecule has 19 heavy (non-hydrogen) atoms. The summed E-state index contributed by atoms with van der Waals surface area (Å²) < 4.78 is 0. The number of hydrogen-bond donors (Lipinski definition) is 3. The number of aromatic hydroxyl groups is 1. The molecule has 2 atom stereocenters. The second-order valence-electron chi connectivity index (χ2n) is 4.88. The summed E-state index contributed by atoms with van der Waals surface area (Å²) in [5, 5.41) is 20.4. The molecular weight excluding hydrogens is 309 g/mol. The lowest BCUT2D eigenvalue weighted by molar-refractivity contribution is 0.127. The summed E-state index contributed by atoms with van der Waals surface area (Å²) in [4.78, 5) is 0. The second kappa shape index (κ2) is 8.18. The number of halogens is 3. The van der Waals surface area contributed by atoms with Gasteiger partial charge < -0.3 is 15.9 Å². The molecule has 0 unspecified atom stereocenters. The molecule has 110 valence electrons. The molecule has 0 saturated carbocycles. The van der Waals surface area contributed by atoms with Crippen molar-refractivity contribution in [3.8, 4) is 5.75 Å². The van der Waals surface area contributed by atoms with Crippen molar-refractivity contribution in [3.63, 3.8) is 0 Å². The molecule has 0 fully saturated rings. The van der Waals surface area contributed by atoms with Crippen LogP contribution in [0.15, 0.2) is 12.1 Å². The molecule has 1 rings (SSSR count). The first-order valence-electron chi connectivity index (χ1n) is 5.94. The number of aliphatic hydroxyl groups is 1. The molecule has 4 N–H and O–H groups in total. The molecule has 1 aromatic rings. The van der Waals surface area contributed by atoms with Crippen molar-refractivity contribution in [1.82, 2.24) is 0 Å². The fraction of sp³-hybridized carbons (Fsp3) is 0.538. The summed E-state index contributed by atoms with van der Waals surface area (Å²) in [7, 11) is 0. The third kappa shape index (κ3) is 5.36. The normalized spacial score (nSPS) is 14.1. The van der Waals surface area contributed by atoms with Gasteiger partial charge in [-0.2, -0.15) is 0 Å². The Labute approximate surface area is 130 Å². The summed E-state index contributed by atoms with van der Waals surface area (Å²) >= 11 is 11.8. The lowest BCUT2D eigenvalue weighted by Gasteiger charge is -2.22.